The molecule has 1 amide bonds. The molecule has 3 nitrogen and oxygen atoms in total. The van der Waals surface area contributed by atoms with Crippen LogP contribution in [0.2, 0.25) is 0 Å². The molecule has 1 saturated heterocycles. The van der Waals surface area contributed by atoms with Crippen LogP contribution in [0.1, 0.15) is 12.8 Å². The number of likely N-dealkylation sites (tertiary alicyclic amines) is 1. The number of nitrogens with zero attached hydrogens (tertiary/aromatic N) is 1. The summed E-state index contributed by atoms with van der Waals surface area (Å²) in [5.41, 5.74) is 5.11. The molecule has 1 aliphatic rings. The standard InChI is InChI=1S/C6H12N2O.2ClH/c1-8-4-2-3-5(8)6(7)9;;/h5H,2-4H2,1H3,(H2,7,9);2*1H/t5-;;/m0../s1. The monoisotopic (exact) mass is 200 g/mol. The van der Waals surface area contributed by atoms with Crippen LogP contribution in [-0.4, -0.2) is 30.4 Å². The van der Waals surface area contributed by atoms with Gasteiger partial charge in [-0.15, -0.1) is 24.8 Å². The van der Waals surface area contributed by atoms with Crippen molar-refractivity contribution in [3.05, 3.63) is 0 Å². The molecule has 0 aromatic carbocycles. The van der Waals surface area contributed by atoms with Crippen LogP contribution in [0.5, 0.6) is 0 Å². The number of likely N-dealkylation sites (N-methyl/N-ethyl adjacent to an activating group) is 1. The molecule has 0 aromatic heterocycles. The molecule has 1 atom stereocenters. The van der Waals surface area contributed by atoms with Gasteiger partial charge in [0, 0.05) is 0 Å². The van der Waals surface area contributed by atoms with Crippen molar-refractivity contribution < 1.29 is 4.79 Å². The van der Waals surface area contributed by atoms with E-state index in [9.17, 15) is 4.79 Å². The summed E-state index contributed by atoms with van der Waals surface area (Å²) in [7, 11) is 1.93. The second kappa shape index (κ2) is 5.63. The zero-order valence-electron chi connectivity index (χ0n) is 6.45. The van der Waals surface area contributed by atoms with Crippen LogP contribution in [-0.2, 0) is 4.79 Å². The van der Waals surface area contributed by atoms with Crippen LogP contribution in [0.15, 0.2) is 0 Å². The molecular weight excluding hydrogens is 187 g/mol. The lowest BCUT2D eigenvalue weighted by molar-refractivity contribution is -0.121. The fraction of sp³-hybridized carbons (Fsp3) is 0.833. The Morgan fingerprint density at radius 3 is 2.27 bits per heavy atom. The van der Waals surface area contributed by atoms with Crippen molar-refractivity contribution >= 4 is 30.7 Å². The lowest BCUT2D eigenvalue weighted by Gasteiger charge is -2.14. The van der Waals surface area contributed by atoms with Gasteiger partial charge in [0.1, 0.15) is 0 Å². The third-order valence-corrected chi connectivity index (χ3v) is 1.85. The first-order chi connectivity index (χ1) is 4.22. The molecule has 11 heavy (non-hydrogen) atoms. The second-order valence-corrected chi connectivity index (χ2v) is 2.54. The number of primary amides is 1. The van der Waals surface area contributed by atoms with E-state index in [-0.39, 0.29) is 36.8 Å². The van der Waals surface area contributed by atoms with Crippen molar-refractivity contribution in [2.24, 2.45) is 5.73 Å². The molecule has 0 spiro atoms. The Labute approximate surface area is 79.1 Å². The summed E-state index contributed by atoms with van der Waals surface area (Å²) >= 11 is 0. The minimum absolute atomic E-state index is 0. The van der Waals surface area contributed by atoms with E-state index in [1.807, 2.05) is 11.9 Å². The minimum Gasteiger partial charge on any atom is -0.368 e. The van der Waals surface area contributed by atoms with E-state index >= 15 is 0 Å². The van der Waals surface area contributed by atoms with E-state index < -0.39 is 0 Å². The molecule has 1 rings (SSSR count). The van der Waals surface area contributed by atoms with Crippen LogP contribution in [0.25, 0.3) is 0 Å². The first kappa shape index (κ1) is 13.6. The Kier molecular flexibility index (Phi) is 6.96. The van der Waals surface area contributed by atoms with Gasteiger partial charge in [0.05, 0.1) is 6.04 Å². The van der Waals surface area contributed by atoms with Crippen molar-refractivity contribution in [2.45, 2.75) is 18.9 Å². The van der Waals surface area contributed by atoms with Crippen LogP contribution in [0.3, 0.4) is 0 Å². The summed E-state index contributed by atoms with van der Waals surface area (Å²) in [5.74, 6) is -0.185. The van der Waals surface area contributed by atoms with Gasteiger partial charge in [-0.25, -0.2) is 0 Å². The smallest absolute Gasteiger partial charge is 0.234 e. The predicted molar refractivity (Wildman–Crippen MR) is 49.3 cm³/mol. The second-order valence-electron chi connectivity index (χ2n) is 2.54. The Morgan fingerprint density at radius 1 is 1.55 bits per heavy atom. The maximum absolute atomic E-state index is 10.6. The molecule has 1 aliphatic heterocycles. The molecular formula is C6H14Cl2N2O. The third kappa shape index (κ3) is 3.27. The number of carbonyl (C=O) groups excluding carboxylic acids is 1. The van der Waals surface area contributed by atoms with Gasteiger partial charge < -0.3 is 5.73 Å². The largest absolute Gasteiger partial charge is 0.368 e. The zero-order chi connectivity index (χ0) is 6.85. The molecule has 0 radical (unpaired) electrons. The van der Waals surface area contributed by atoms with E-state index in [1.54, 1.807) is 0 Å². The number of halogens is 2. The van der Waals surface area contributed by atoms with Crippen LogP contribution < -0.4 is 5.73 Å². The number of carbonyl (C=O) groups is 1. The summed E-state index contributed by atoms with van der Waals surface area (Å²) in [5, 5.41) is 0. The first-order valence-electron chi connectivity index (χ1n) is 3.21. The van der Waals surface area contributed by atoms with E-state index in [0.29, 0.717) is 0 Å². The van der Waals surface area contributed by atoms with Crippen molar-refractivity contribution in [3.8, 4) is 0 Å². The number of hydrogen-bond acceptors (Lipinski definition) is 2. The van der Waals surface area contributed by atoms with Crippen molar-refractivity contribution in [1.82, 2.24) is 4.90 Å². The minimum atomic E-state index is -0.185. The topological polar surface area (TPSA) is 46.3 Å². The quantitative estimate of drug-likeness (QED) is 0.667. The van der Waals surface area contributed by atoms with E-state index in [1.165, 1.54) is 0 Å². The Bertz CT molecular complexity index is 132. The third-order valence-electron chi connectivity index (χ3n) is 1.85. The van der Waals surface area contributed by atoms with Crippen molar-refractivity contribution in [3.63, 3.8) is 0 Å². The fourth-order valence-electron chi connectivity index (χ4n) is 1.27. The molecule has 68 valence electrons. The molecule has 1 fully saturated rings. The van der Waals surface area contributed by atoms with Gasteiger partial charge in [0.15, 0.2) is 0 Å². The highest BCUT2D eigenvalue weighted by Crippen LogP contribution is 2.13. The van der Waals surface area contributed by atoms with E-state index in [0.717, 1.165) is 19.4 Å². The van der Waals surface area contributed by atoms with Gasteiger partial charge in [-0.1, -0.05) is 0 Å². The molecule has 1 heterocycles. The maximum Gasteiger partial charge on any atom is 0.234 e. The summed E-state index contributed by atoms with van der Waals surface area (Å²) < 4.78 is 0. The lowest BCUT2D eigenvalue weighted by atomic mass is 10.2. The number of rotatable bonds is 1. The van der Waals surface area contributed by atoms with Crippen LogP contribution in [0, 0.1) is 0 Å². The number of nitrogens with two attached hydrogens (primary N) is 1. The molecule has 0 saturated carbocycles. The van der Waals surface area contributed by atoms with Gasteiger partial charge in [0.25, 0.3) is 0 Å². The van der Waals surface area contributed by atoms with Gasteiger partial charge >= 0.3 is 0 Å². The van der Waals surface area contributed by atoms with Crippen LogP contribution in [0.4, 0.5) is 0 Å². The molecule has 0 aliphatic carbocycles. The van der Waals surface area contributed by atoms with Gasteiger partial charge in [-0.2, -0.15) is 0 Å². The highest BCUT2D eigenvalue weighted by molar-refractivity contribution is 5.85. The van der Waals surface area contributed by atoms with Gasteiger partial charge in [-0.3, -0.25) is 9.69 Å². The Balaban J connectivity index is 0. The predicted octanol–water partition coefficient (Wildman–Crippen LogP) is 0.410. The summed E-state index contributed by atoms with van der Waals surface area (Å²) in [4.78, 5) is 12.6. The van der Waals surface area contributed by atoms with Crippen molar-refractivity contribution in [2.75, 3.05) is 13.6 Å². The molecule has 0 aromatic rings. The average Bonchev–Trinajstić information content (AvgIpc) is 2.13. The molecule has 0 bridgehead atoms. The summed E-state index contributed by atoms with van der Waals surface area (Å²) in [6.07, 6.45) is 2.04. The zero-order valence-corrected chi connectivity index (χ0v) is 8.08. The van der Waals surface area contributed by atoms with E-state index in [4.69, 9.17) is 5.73 Å². The molecule has 0 unspecified atom stereocenters. The highest BCUT2D eigenvalue weighted by atomic mass is 35.5. The van der Waals surface area contributed by atoms with Gasteiger partial charge in [0.2, 0.25) is 5.91 Å². The van der Waals surface area contributed by atoms with Gasteiger partial charge in [-0.05, 0) is 26.4 Å². The SMILES string of the molecule is CN1CCC[C@H]1C(N)=O.Cl.Cl. The normalized spacial score (nSPS) is 23.5. The number of hydrogen-bond donors (Lipinski definition) is 1. The fourth-order valence-corrected chi connectivity index (χ4v) is 1.27. The Hall–Kier alpha value is 0.01000. The highest BCUT2D eigenvalue weighted by Gasteiger charge is 2.24. The Morgan fingerprint density at radius 2 is 2.09 bits per heavy atom. The lowest BCUT2D eigenvalue weighted by Crippen LogP contribution is -2.37. The summed E-state index contributed by atoms with van der Waals surface area (Å²) in [6.45, 7) is 1.01. The van der Waals surface area contributed by atoms with Crippen LogP contribution >= 0.6 is 24.8 Å². The summed E-state index contributed by atoms with van der Waals surface area (Å²) in [6, 6.07) is 0.00463. The maximum atomic E-state index is 10.6. The molecule has 5 heteroatoms. The average molecular weight is 201 g/mol. The molecule has 2 N–H and O–H groups in total. The van der Waals surface area contributed by atoms with Crippen molar-refractivity contribution in [1.29, 1.82) is 0 Å². The van der Waals surface area contributed by atoms with E-state index in [2.05, 4.69) is 0 Å². The first-order valence-corrected chi connectivity index (χ1v) is 3.21. The number of amides is 1.